The Bertz CT molecular complexity index is 423. The van der Waals surface area contributed by atoms with Gasteiger partial charge in [-0.1, -0.05) is 6.07 Å². The number of rotatable bonds is 5. The molecule has 1 amide bonds. The van der Waals surface area contributed by atoms with E-state index in [0.29, 0.717) is 18.3 Å². The van der Waals surface area contributed by atoms with Gasteiger partial charge in [0.1, 0.15) is 5.82 Å². The summed E-state index contributed by atoms with van der Waals surface area (Å²) < 4.78 is 0. The maximum atomic E-state index is 11.9. The van der Waals surface area contributed by atoms with Crippen LogP contribution in [0.2, 0.25) is 0 Å². The van der Waals surface area contributed by atoms with Crippen molar-refractivity contribution >= 4 is 11.7 Å². The number of aromatic nitrogens is 1. The molecule has 1 aromatic rings. The summed E-state index contributed by atoms with van der Waals surface area (Å²) in [5.41, 5.74) is 11.4. The van der Waals surface area contributed by atoms with Crippen LogP contribution in [-0.4, -0.2) is 41.5 Å². The van der Waals surface area contributed by atoms with Gasteiger partial charge in [-0.25, -0.2) is 4.98 Å². The molecule has 6 heteroatoms. The SMILES string of the molecule is CC(N)C1CCCN(CC(=O)NNc2ccccn2)C1. The number of piperidine rings is 1. The van der Waals surface area contributed by atoms with E-state index >= 15 is 0 Å². The van der Waals surface area contributed by atoms with Crippen LogP contribution in [0.4, 0.5) is 5.82 Å². The standard InChI is InChI=1S/C14H23N5O/c1-11(15)12-5-4-8-19(9-12)10-14(20)18-17-13-6-2-3-7-16-13/h2-3,6-7,11-12H,4-5,8-10,15H2,1H3,(H,16,17)(H,18,20). The van der Waals surface area contributed by atoms with Crippen LogP contribution in [0.3, 0.4) is 0 Å². The van der Waals surface area contributed by atoms with Crippen molar-refractivity contribution in [2.24, 2.45) is 11.7 Å². The number of nitrogens with one attached hydrogen (secondary N) is 2. The summed E-state index contributed by atoms with van der Waals surface area (Å²) in [5.74, 6) is 1.06. The van der Waals surface area contributed by atoms with E-state index in [-0.39, 0.29) is 11.9 Å². The smallest absolute Gasteiger partial charge is 0.252 e. The summed E-state index contributed by atoms with van der Waals surface area (Å²) in [6.07, 6.45) is 3.93. The first kappa shape index (κ1) is 14.7. The normalized spacial score (nSPS) is 21.2. The first-order chi connectivity index (χ1) is 9.65. The molecule has 0 aliphatic carbocycles. The van der Waals surface area contributed by atoms with Crippen molar-refractivity contribution in [2.75, 3.05) is 25.1 Å². The lowest BCUT2D eigenvalue weighted by Gasteiger charge is -2.34. The van der Waals surface area contributed by atoms with E-state index < -0.39 is 0 Å². The van der Waals surface area contributed by atoms with Crippen molar-refractivity contribution in [3.8, 4) is 0 Å². The summed E-state index contributed by atoms with van der Waals surface area (Å²) in [6, 6.07) is 5.68. The zero-order chi connectivity index (χ0) is 14.4. The number of likely N-dealkylation sites (tertiary alicyclic amines) is 1. The molecule has 1 aliphatic rings. The zero-order valence-corrected chi connectivity index (χ0v) is 11.9. The average molecular weight is 277 g/mol. The molecule has 0 aromatic carbocycles. The molecule has 2 heterocycles. The monoisotopic (exact) mass is 277 g/mol. The number of carbonyl (C=O) groups is 1. The lowest BCUT2D eigenvalue weighted by atomic mass is 9.92. The van der Waals surface area contributed by atoms with Crippen LogP contribution in [0.15, 0.2) is 24.4 Å². The molecule has 2 atom stereocenters. The molecular formula is C14H23N5O. The highest BCUT2D eigenvalue weighted by atomic mass is 16.2. The molecule has 1 fully saturated rings. The fourth-order valence-corrected chi connectivity index (χ4v) is 2.48. The summed E-state index contributed by atoms with van der Waals surface area (Å²) in [7, 11) is 0. The first-order valence-electron chi connectivity index (χ1n) is 7.09. The maximum absolute atomic E-state index is 11.9. The van der Waals surface area contributed by atoms with E-state index in [1.165, 1.54) is 0 Å². The number of nitrogens with zero attached hydrogens (tertiary/aromatic N) is 2. The van der Waals surface area contributed by atoms with Crippen molar-refractivity contribution in [3.05, 3.63) is 24.4 Å². The van der Waals surface area contributed by atoms with E-state index in [1.54, 1.807) is 12.3 Å². The number of anilines is 1. The summed E-state index contributed by atoms with van der Waals surface area (Å²) in [6.45, 7) is 4.29. The van der Waals surface area contributed by atoms with Crippen LogP contribution in [0.5, 0.6) is 0 Å². The number of hydrogen-bond acceptors (Lipinski definition) is 5. The van der Waals surface area contributed by atoms with Crippen molar-refractivity contribution in [1.82, 2.24) is 15.3 Å². The predicted molar refractivity (Wildman–Crippen MR) is 78.8 cm³/mol. The average Bonchev–Trinajstić information content (AvgIpc) is 2.46. The lowest BCUT2D eigenvalue weighted by Crippen LogP contribution is -2.47. The van der Waals surface area contributed by atoms with Gasteiger partial charge in [0.25, 0.3) is 5.91 Å². The predicted octanol–water partition coefficient (Wildman–Crippen LogP) is 0.584. The van der Waals surface area contributed by atoms with Crippen LogP contribution in [0, 0.1) is 5.92 Å². The van der Waals surface area contributed by atoms with Gasteiger partial charge in [-0.05, 0) is 44.4 Å². The van der Waals surface area contributed by atoms with E-state index in [1.807, 2.05) is 19.1 Å². The Hall–Kier alpha value is -1.66. The van der Waals surface area contributed by atoms with Gasteiger partial charge >= 0.3 is 0 Å². The summed E-state index contributed by atoms with van der Waals surface area (Å²) in [5, 5.41) is 0. The lowest BCUT2D eigenvalue weighted by molar-refractivity contribution is -0.122. The summed E-state index contributed by atoms with van der Waals surface area (Å²) in [4.78, 5) is 18.1. The van der Waals surface area contributed by atoms with Gasteiger partial charge in [-0.3, -0.25) is 20.5 Å². The summed E-state index contributed by atoms with van der Waals surface area (Å²) >= 11 is 0. The number of pyridine rings is 1. The van der Waals surface area contributed by atoms with Crippen LogP contribution in [0.25, 0.3) is 0 Å². The van der Waals surface area contributed by atoms with E-state index in [0.717, 1.165) is 25.9 Å². The highest BCUT2D eigenvalue weighted by molar-refractivity contribution is 5.79. The van der Waals surface area contributed by atoms with Gasteiger partial charge in [-0.15, -0.1) is 0 Å². The second kappa shape index (κ2) is 7.21. The van der Waals surface area contributed by atoms with E-state index in [9.17, 15) is 4.79 Å². The Kier molecular flexibility index (Phi) is 5.31. The molecule has 110 valence electrons. The molecule has 2 unspecified atom stereocenters. The Morgan fingerprint density at radius 1 is 1.60 bits per heavy atom. The van der Waals surface area contributed by atoms with Crippen molar-refractivity contribution in [3.63, 3.8) is 0 Å². The molecule has 0 bridgehead atoms. The molecule has 0 spiro atoms. The number of hydrogen-bond donors (Lipinski definition) is 3. The fourth-order valence-electron chi connectivity index (χ4n) is 2.48. The van der Waals surface area contributed by atoms with Crippen molar-refractivity contribution in [1.29, 1.82) is 0 Å². The molecule has 2 rings (SSSR count). The van der Waals surface area contributed by atoms with Gasteiger partial charge in [0.2, 0.25) is 0 Å². The van der Waals surface area contributed by atoms with Crippen molar-refractivity contribution in [2.45, 2.75) is 25.8 Å². The Morgan fingerprint density at radius 2 is 2.45 bits per heavy atom. The minimum Gasteiger partial charge on any atom is -0.328 e. The second-order valence-corrected chi connectivity index (χ2v) is 5.38. The van der Waals surface area contributed by atoms with Crippen LogP contribution < -0.4 is 16.6 Å². The molecule has 20 heavy (non-hydrogen) atoms. The Labute approximate surface area is 119 Å². The number of nitrogens with two attached hydrogens (primary N) is 1. The Balaban J connectivity index is 1.74. The van der Waals surface area contributed by atoms with Crippen molar-refractivity contribution < 1.29 is 4.79 Å². The van der Waals surface area contributed by atoms with Gasteiger partial charge in [-0.2, -0.15) is 0 Å². The quantitative estimate of drug-likeness (QED) is 0.686. The fraction of sp³-hybridized carbons (Fsp3) is 0.571. The van der Waals surface area contributed by atoms with Crippen LogP contribution >= 0.6 is 0 Å². The van der Waals surface area contributed by atoms with E-state index in [2.05, 4.69) is 20.7 Å². The zero-order valence-electron chi connectivity index (χ0n) is 11.9. The number of hydrazine groups is 1. The number of carbonyl (C=O) groups excluding carboxylic acids is 1. The molecule has 1 aromatic heterocycles. The molecule has 1 aliphatic heterocycles. The third kappa shape index (κ3) is 4.47. The molecule has 0 radical (unpaired) electrons. The number of amides is 1. The molecule has 4 N–H and O–H groups in total. The first-order valence-corrected chi connectivity index (χ1v) is 7.09. The largest absolute Gasteiger partial charge is 0.328 e. The minimum atomic E-state index is -0.0547. The van der Waals surface area contributed by atoms with Gasteiger partial charge in [0, 0.05) is 18.8 Å². The third-order valence-corrected chi connectivity index (χ3v) is 3.65. The highest BCUT2D eigenvalue weighted by Crippen LogP contribution is 2.18. The van der Waals surface area contributed by atoms with E-state index in [4.69, 9.17) is 5.73 Å². The van der Waals surface area contributed by atoms with Gasteiger partial charge in [0.15, 0.2) is 0 Å². The van der Waals surface area contributed by atoms with Crippen LogP contribution in [0.1, 0.15) is 19.8 Å². The Morgan fingerprint density at radius 3 is 3.15 bits per heavy atom. The molecule has 0 saturated carbocycles. The van der Waals surface area contributed by atoms with Gasteiger partial charge < -0.3 is 5.73 Å². The molecule has 6 nitrogen and oxygen atoms in total. The second-order valence-electron chi connectivity index (χ2n) is 5.38. The minimum absolute atomic E-state index is 0.0547. The molecular weight excluding hydrogens is 254 g/mol. The van der Waals surface area contributed by atoms with Gasteiger partial charge in [0.05, 0.1) is 6.54 Å². The highest BCUT2D eigenvalue weighted by Gasteiger charge is 2.23. The maximum Gasteiger partial charge on any atom is 0.252 e. The molecule has 1 saturated heterocycles. The van der Waals surface area contributed by atoms with Crippen LogP contribution in [-0.2, 0) is 4.79 Å². The third-order valence-electron chi connectivity index (χ3n) is 3.65. The topological polar surface area (TPSA) is 83.3 Å².